The normalized spacial score (nSPS) is 20.8. The molecule has 3 amide bonds. The van der Waals surface area contributed by atoms with E-state index < -0.39 is 5.67 Å². The first-order valence-electron chi connectivity index (χ1n) is 22.8. The number of piperidine rings is 2. The molecule has 4 aliphatic rings. The number of pyridine rings is 1. The van der Waals surface area contributed by atoms with Crippen LogP contribution in [0.2, 0.25) is 0 Å². The van der Waals surface area contributed by atoms with Crippen LogP contribution in [0.4, 0.5) is 10.1 Å². The number of amides is 3. The Bertz CT molecular complexity index is 2390. The molecule has 2 aromatic heterocycles. The van der Waals surface area contributed by atoms with Crippen LogP contribution in [0, 0.1) is 13.8 Å². The zero-order valence-corrected chi connectivity index (χ0v) is 37.3. The van der Waals surface area contributed by atoms with Gasteiger partial charge in [0, 0.05) is 101 Å². The van der Waals surface area contributed by atoms with E-state index in [9.17, 15) is 14.4 Å². The summed E-state index contributed by atoms with van der Waals surface area (Å²) in [6, 6.07) is 16.0. The molecule has 64 heavy (non-hydrogen) atoms. The number of hydrogen-bond acceptors (Lipinski definition) is 10. The number of nitrogens with two attached hydrogens (primary N) is 3. The van der Waals surface area contributed by atoms with Crippen molar-refractivity contribution in [3.8, 4) is 0 Å². The van der Waals surface area contributed by atoms with E-state index in [1.807, 2.05) is 80.3 Å². The molecule has 8 rings (SSSR count). The third-order valence-electron chi connectivity index (χ3n) is 13.4. The lowest BCUT2D eigenvalue weighted by Gasteiger charge is -2.41. The van der Waals surface area contributed by atoms with Crippen molar-refractivity contribution in [2.24, 2.45) is 17.2 Å². The molecule has 5 heterocycles. The number of fused-ring (bicyclic) bond motifs is 1. The minimum Gasteiger partial charge on any atom is -0.398 e. The van der Waals surface area contributed by atoms with Crippen LogP contribution in [-0.2, 0) is 14.3 Å². The number of halogens is 1. The highest BCUT2D eigenvalue weighted by molar-refractivity contribution is 5.97. The van der Waals surface area contributed by atoms with Crippen molar-refractivity contribution in [2.75, 3.05) is 57.7 Å². The van der Waals surface area contributed by atoms with Crippen LogP contribution < -0.4 is 27.8 Å². The van der Waals surface area contributed by atoms with Crippen LogP contribution in [0.3, 0.4) is 0 Å². The monoisotopic (exact) mass is 875 g/mol. The van der Waals surface area contributed by atoms with Gasteiger partial charge >= 0.3 is 0 Å². The van der Waals surface area contributed by atoms with Crippen molar-refractivity contribution in [1.29, 1.82) is 0 Å². The lowest BCUT2D eigenvalue weighted by Crippen LogP contribution is -2.51. The molecule has 8 N–H and O–H groups in total. The number of nitrogens with zero attached hydrogens (tertiary/aromatic N) is 5. The standard InChI is InChI=1S/C49H63FN10O4/c1-31-21-36(43-28-59(26-33(3)64-43)42(46(52)53)24-41(51)35-7-5-4-6-8-35)22-32(2)45(31)48(63)58-19-14-49(50,15-20-58)29-57-17-12-38(13-18-57)60-27-40(34-9-10-34)39-23-37(25-55-47(39)60)56-44(62)11-16-54-30-61/h4-8,21-25,27,30,33-34,38,43H,9-20,26,28-29,51-53H2,1-3H3,(H,54,61)(H,56,62)/b41-24-. The summed E-state index contributed by atoms with van der Waals surface area (Å²) in [5.41, 5.74) is 25.8. The van der Waals surface area contributed by atoms with Gasteiger partial charge in [-0.15, -0.1) is 0 Å². The zero-order valence-electron chi connectivity index (χ0n) is 37.3. The van der Waals surface area contributed by atoms with Crippen LogP contribution in [0.5, 0.6) is 0 Å². The number of allylic oxidation sites excluding steroid dienone is 1. The number of morpholine rings is 1. The second-order valence-corrected chi connectivity index (χ2v) is 18.4. The van der Waals surface area contributed by atoms with Gasteiger partial charge in [0.1, 0.15) is 23.2 Å². The number of alkyl halides is 1. The maximum absolute atomic E-state index is 16.6. The van der Waals surface area contributed by atoms with Crippen molar-refractivity contribution in [3.05, 3.63) is 112 Å². The largest absolute Gasteiger partial charge is 0.398 e. The summed E-state index contributed by atoms with van der Waals surface area (Å²) in [4.78, 5) is 48.1. The van der Waals surface area contributed by atoms with Crippen molar-refractivity contribution in [1.82, 2.24) is 29.6 Å². The zero-order chi connectivity index (χ0) is 45.1. The number of likely N-dealkylation sites (tertiary alicyclic amines) is 2. The highest BCUT2D eigenvalue weighted by Gasteiger charge is 2.40. The Balaban J connectivity index is 0.861. The first-order chi connectivity index (χ1) is 30.8. The molecular weight excluding hydrogens is 812 g/mol. The fraction of sp³-hybridized carbons (Fsp3) is 0.469. The molecule has 15 heteroatoms. The summed E-state index contributed by atoms with van der Waals surface area (Å²) in [5, 5.41) is 6.51. The number of hydrogen-bond donors (Lipinski definition) is 5. The molecule has 14 nitrogen and oxygen atoms in total. The van der Waals surface area contributed by atoms with Crippen LogP contribution in [0.15, 0.2) is 78.5 Å². The number of rotatable bonds is 14. The Labute approximate surface area is 375 Å². The topological polar surface area (TPSA) is 190 Å². The molecule has 340 valence electrons. The molecule has 2 unspecified atom stereocenters. The third-order valence-corrected chi connectivity index (χ3v) is 13.4. The van der Waals surface area contributed by atoms with E-state index in [0.717, 1.165) is 72.1 Å². The Hall–Kier alpha value is -5.93. The van der Waals surface area contributed by atoms with E-state index in [-0.39, 0.29) is 48.9 Å². The first kappa shape index (κ1) is 44.7. The molecule has 3 aliphatic heterocycles. The summed E-state index contributed by atoms with van der Waals surface area (Å²) in [7, 11) is 0. The predicted molar refractivity (Wildman–Crippen MR) is 247 cm³/mol. The summed E-state index contributed by atoms with van der Waals surface area (Å²) >= 11 is 0. The van der Waals surface area contributed by atoms with Gasteiger partial charge in [0.2, 0.25) is 12.3 Å². The highest BCUT2D eigenvalue weighted by atomic mass is 19.1. The predicted octanol–water partition coefficient (Wildman–Crippen LogP) is 5.73. The maximum Gasteiger partial charge on any atom is 0.254 e. The van der Waals surface area contributed by atoms with Crippen LogP contribution in [0.25, 0.3) is 16.7 Å². The Morgan fingerprint density at radius 1 is 0.953 bits per heavy atom. The number of carbonyl (C=O) groups excluding carboxylic acids is 3. The lowest BCUT2D eigenvalue weighted by atomic mass is 9.90. The van der Waals surface area contributed by atoms with E-state index >= 15 is 4.39 Å². The molecular formula is C49H63FN10O4. The highest BCUT2D eigenvalue weighted by Crippen LogP contribution is 2.45. The summed E-state index contributed by atoms with van der Waals surface area (Å²) in [6.45, 7) is 9.95. The van der Waals surface area contributed by atoms with Gasteiger partial charge in [-0.05, 0) is 92.3 Å². The van der Waals surface area contributed by atoms with E-state index in [1.165, 1.54) is 5.56 Å². The molecule has 3 saturated heterocycles. The van der Waals surface area contributed by atoms with Gasteiger partial charge in [0.25, 0.3) is 5.91 Å². The Morgan fingerprint density at radius 3 is 2.31 bits per heavy atom. The van der Waals surface area contributed by atoms with Crippen LogP contribution >= 0.6 is 0 Å². The van der Waals surface area contributed by atoms with Gasteiger partial charge in [0.05, 0.1) is 23.7 Å². The second kappa shape index (κ2) is 19.0. The van der Waals surface area contributed by atoms with Gasteiger partial charge in [-0.1, -0.05) is 42.5 Å². The quantitative estimate of drug-likeness (QED) is 0.0594. The molecule has 2 atom stereocenters. The van der Waals surface area contributed by atoms with Crippen molar-refractivity contribution < 1.29 is 23.5 Å². The molecule has 1 aliphatic carbocycles. The van der Waals surface area contributed by atoms with Crippen molar-refractivity contribution >= 4 is 40.6 Å². The second-order valence-electron chi connectivity index (χ2n) is 18.4. The fourth-order valence-electron chi connectivity index (χ4n) is 9.94. The molecule has 2 aromatic carbocycles. The minimum atomic E-state index is -1.37. The van der Waals surface area contributed by atoms with Gasteiger partial charge in [-0.2, -0.15) is 0 Å². The number of aryl methyl sites for hydroxylation is 2. The van der Waals surface area contributed by atoms with Gasteiger partial charge < -0.3 is 51.8 Å². The smallest absolute Gasteiger partial charge is 0.254 e. The lowest BCUT2D eigenvalue weighted by molar-refractivity contribution is -0.116. The van der Waals surface area contributed by atoms with Gasteiger partial charge in [0.15, 0.2) is 0 Å². The summed E-state index contributed by atoms with van der Waals surface area (Å²) < 4.78 is 25.3. The Kier molecular flexibility index (Phi) is 13.3. The number of aromatic nitrogens is 2. The van der Waals surface area contributed by atoms with E-state index in [0.29, 0.717) is 80.5 Å². The summed E-state index contributed by atoms with van der Waals surface area (Å²) in [5.74, 6) is 0.435. The van der Waals surface area contributed by atoms with Crippen molar-refractivity contribution in [3.63, 3.8) is 0 Å². The number of nitrogens with one attached hydrogen (secondary N) is 2. The summed E-state index contributed by atoms with van der Waals surface area (Å²) in [6.07, 6.45) is 10.8. The molecule has 1 saturated carbocycles. The molecule has 4 aromatic rings. The van der Waals surface area contributed by atoms with Gasteiger partial charge in [-0.25, -0.2) is 9.37 Å². The van der Waals surface area contributed by atoms with E-state index in [1.54, 1.807) is 6.20 Å². The van der Waals surface area contributed by atoms with Gasteiger partial charge in [-0.3, -0.25) is 14.4 Å². The minimum absolute atomic E-state index is 0.0638. The Morgan fingerprint density at radius 2 is 1.66 bits per heavy atom. The molecule has 0 radical (unpaired) electrons. The number of anilines is 1. The number of carbonyl (C=O) groups is 3. The average Bonchev–Trinajstić information content (AvgIpc) is 4.05. The first-order valence-corrected chi connectivity index (χ1v) is 22.8. The fourth-order valence-corrected chi connectivity index (χ4v) is 9.94. The van der Waals surface area contributed by atoms with E-state index in [4.69, 9.17) is 26.9 Å². The molecule has 4 fully saturated rings. The third kappa shape index (κ3) is 10.1. The van der Waals surface area contributed by atoms with Crippen molar-refractivity contribution in [2.45, 2.75) is 95.6 Å². The maximum atomic E-state index is 16.6. The van der Waals surface area contributed by atoms with E-state index in [2.05, 4.69) is 31.2 Å². The SMILES string of the molecule is Cc1cc(C2CN(C(/C=C(\N)c3ccccc3)=C(N)N)CC(C)O2)cc(C)c1C(=O)N1CCC(F)(CN2CCC(n3cc(C4CC4)c4cc(NC(=O)CCNC=O)cnc43)CC2)CC1. The average molecular weight is 875 g/mol. The van der Waals surface area contributed by atoms with Crippen LogP contribution in [-0.4, -0.2) is 107 Å². The number of benzene rings is 2. The molecule has 0 bridgehead atoms. The molecule has 0 spiro atoms. The number of ether oxygens (including phenoxy) is 1. The van der Waals surface area contributed by atoms with Crippen LogP contribution in [0.1, 0.15) is 108 Å².